The first-order valence-electron chi connectivity index (χ1n) is 9.23. The SMILES string of the molecule is CC(C)(O)C#Cc1cc2c(C3CNNC3)cn(Cc3ccccc3)c2cn1. The van der Waals surface area contributed by atoms with E-state index in [0.717, 1.165) is 25.2 Å². The van der Waals surface area contributed by atoms with Gasteiger partial charge in [-0.15, -0.1) is 0 Å². The van der Waals surface area contributed by atoms with Crippen molar-refractivity contribution >= 4 is 10.9 Å². The summed E-state index contributed by atoms with van der Waals surface area (Å²) < 4.78 is 2.26. The van der Waals surface area contributed by atoms with Crippen molar-refractivity contribution in [1.82, 2.24) is 20.4 Å². The van der Waals surface area contributed by atoms with Crippen LogP contribution in [0.15, 0.2) is 48.8 Å². The normalized spacial score (nSPS) is 15.1. The van der Waals surface area contributed by atoms with Crippen LogP contribution in [0.1, 0.15) is 36.6 Å². The second-order valence-corrected chi connectivity index (χ2v) is 7.55. The van der Waals surface area contributed by atoms with Crippen LogP contribution < -0.4 is 10.9 Å². The van der Waals surface area contributed by atoms with Crippen LogP contribution >= 0.6 is 0 Å². The number of hydrogen-bond donors (Lipinski definition) is 3. The molecule has 5 heteroatoms. The number of aliphatic hydroxyl groups is 1. The Kier molecular flexibility index (Phi) is 4.71. The maximum atomic E-state index is 9.87. The van der Waals surface area contributed by atoms with Gasteiger partial charge in [-0.25, -0.2) is 4.98 Å². The van der Waals surface area contributed by atoms with Gasteiger partial charge in [0.1, 0.15) is 11.3 Å². The Morgan fingerprint density at radius 3 is 2.67 bits per heavy atom. The van der Waals surface area contributed by atoms with Gasteiger partial charge in [0.2, 0.25) is 0 Å². The molecule has 1 aliphatic rings. The van der Waals surface area contributed by atoms with E-state index in [-0.39, 0.29) is 0 Å². The molecule has 3 aromatic rings. The van der Waals surface area contributed by atoms with Crippen LogP contribution in [0.3, 0.4) is 0 Å². The first-order valence-corrected chi connectivity index (χ1v) is 9.23. The predicted octanol–water partition coefficient (Wildman–Crippen LogP) is 2.40. The highest BCUT2D eigenvalue weighted by molar-refractivity contribution is 5.85. The van der Waals surface area contributed by atoms with E-state index in [2.05, 4.69) is 62.7 Å². The first-order chi connectivity index (χ1) is 13.0. The van der Waals surface area contributed by atoms with E-state index in [1.165, 1.54) is 16.5 Å². The summed E-state index contributed by atoms with van der Waals surface area (Å²) in [5, 5.41) is 11.0. The lowest BCUT2D eigenvalue weighted by Gasteiger charge is -2.07. The quantitative estimate of drug-likeness (QED) is 0.628. The number of aromatic nitrogens is 2. The van der Waals surface area contributed by atoms with Gasteiger partial charge in [0.05, 0.1) is 11.7 Å². The Morgan fingerprint density at radius 2 is 1.96 bits per heavy atom. The van der Waals surface area contributed by atoms with Crippen molar-refractivity contribution in [2.75, 3.05) is 13.1 Å². The molecule has 138 valence electrons. The van der Waals surface area contributed by atoms with Gasteiger partial charge in [-0.1, -0.05) is 36.3 Å². The summed E-state index contributed by atoms with van der Waals surface area (Å²) in [6.45, 7) is 5.96. The molecule has 3 heterocycles. The third-order valence-electron chi connectivity index (χ3n) is 4.75. The minimum Gasteiger partial charge on any atom is -0.378 e. The van der Waals surface area contributed by atoms with Crippen molar-refractivity contribution in [2.45, 2.75) is 31.9 Å². The molecule has 1 saturated heterocycles. The molecular formula is C22H24N4O. The smallest absolute Gasteiger partial charge is 0.120 e. The number of fused-ring (bicyclic) bond motifs is 1. The minimum absolute atomic E-state index is 0.405. The van der Waals surface area contributed by atoms with Gasteiger partial charge in [-0.3, -0.25) is 10.9 Å². The molecule has 2 aromatic heterocycles. The van der Waals surface area contributed by atoms with E-state index < -0.39 is 5.60 Å². The second-order valence-electron chi connectivity index (χ2n) is 7.55. The van der Waals surface area contributed by atoms with Crippen LogP contribution in [0.4, 0.5) is 0 Å². The summed E-state index contributed by atoms with van der Waals surface area (Å²) in [6, 6.07) is 12.5. The summed E-state index contributed by atoms with van der Waals surface area (Å²) in [5.74, 6) is 6.26. The van der Waals surface area contributed by atoms with Crippen LogP contribution in [-0.2, 0) is 6.54 Å². The second kappa shape index (κ2) is 7.16. The molecule has 0 saturated carbocycles. The van der Waals surface area contributed by atoms with Crippen molar-refractivity contribution < 1.29 is 5.11 Å². The zero-order valence-corrected chi connectivity index (χ0v) is 15.7. The van der Waals surface area contributed by atoms with E-state index in [9.17, 15) is 5.11 Å². The highest BCUT2D eigenvalue weighted by Gasteiger charge is 2.22. The van der Waals surface area contributed by atoms with Crippen LogP contribution in [0.5, 0.6) is 0 Å². The van der Waals surface area contributed by atoms with E-state index in [1.807, 2.05) is 18.3 Å². The lowest BCUT2D eigenvalue weighted by atomic mass is 10.00. The molecule has 4 rings (SSSR count). The molecule has 1 aromatic carbocycles. The molecule has 27 heavy (non-hydrogen) atoms. The highest BCUT2D eigenvalue weighted by Crippen LogP contribution is 2.29. The zero-order valence-electron chi connectivity index (χ0n) is 15.7. The molecule has 0 atom stereocenters. The molecule has 0 unspecified atom stereocenters. The minimum atomic E-state index is -1.03. The van der Waals surface area contributed by atoms with Crippen LogP contribution in [0.25, 0.3) is 10.9 Å². The van der Waals surface area contributed by atoms with Crippen molar-refractivity contribution in [3.63, 3.8) is 0 Å². The van der Waals surface area contributed by atoms with Crippen LogP contribution in [0.2, 0.25) is 0 Å². The molecule has 0 bridgehead atoms. The maximum Gasteiger partial charge on any atom is 0.120 e. The lowest BCUT2D eigenvalue weighted by molar-refractivity contribution is 0.143. The number of benzene rings is 1. The summed E-state index contributed by atoms with van der Waals surface area (Å²) in [7, 11) is 0. The molecule has 5 nitrogen and oxygen atoms in total. The fourth-order valence-electron chi connectivity index (χ4n) is 3.42. The van der Waals surface area contributed by atoms with E-state index in [0.29, 0.717) is 11.6 Å². The standard InChI is InChI=1S/C22H24N4O/c1-22(2,27)9-8-18-10-19-20(17-11-24-25-12-17)15-26(21(19)13-23-18)14-16-6-4-3-5-7-16/h3-7,10,13,15,17,24-25,27H,11-12,14H2,1-2H3. The average molecular weight is 360 g/mol. The molecule has 0 amide bonds. The van der Waals surface area contributed by atoms with E-state index in [4.69, 9.17) is 0 Å². The number of pyridine rings is 1. The Hall–Kier alpha value is -2.65. The summed E-state index contributed by atoms with van der Waals surface area (Å²) in [5.41, 5.74) is 9.75. The van der Waals surface area contributed by atoms with Gasteiger partial charge >= 0.3 is 0 Å². The van der Waals surface area contributed by atoms with Gasteiger partial charge in [-0.05, 0) is 37.0 Å². The van der Waals surface area contributed by atoms with Gasteiger partial charge in [-0.2, -0.15) is 0 Å². The molecular weight excluding hydrogens is 336 g/mol. The Labute approximate surface area is 159 Å². The third-order valence-corrected chi connectivity index (χ3v) is 4.75. The van der Waals surface area contributed by atoms with Crippen molar-refractivity contribution in [3.8, 4) is 11.8 Å². The first kappa shape index (κ1) is 17.7. The number of nitrogens with zero attached hydrogens (tertiary/aromatic N) is 2. The van der Waals surface area contributed by atoms with Crippen molar-refractivity contribution in [2.24, 2.45) is 0 Å². The molecule has 1 fully saturated rings. The fraction of sp³-hybridized carbons (Fsp3) is 0.318. The summed E-state index contributed by atoms with van der Waals surface area (Å²) in [4.78, 5) is 4.52. The molecule has 1 aliphatic heterocycles. The third kappa shape index (κ3) is 4.04. The number of hydrogen-bond acceptors (Lipinski definition) is 4. The predicted molar refractivity (Wildman–Crippen MR) is 107 cm³/mol. The topological polar surface area (TPSA) is 62.1 Å². The Morgan fingerprint density at radius 1 is 1.22 bits per heavy atom. The van der Waals surface area contributed by atoms with Crippen LogP contribution in [0, 0.1) is 11.8 Å². The molecule has 0 radical (unpaired) electrons. The lowest BCUT2D eigenvalue weighted by Crippen LogP contribution is -2.21. The van der Waals surface area contributed by atoms with Gasteiger partial charge in [0.25, 0.3) is 0 Å². The monoisotopic (exact) mass is 360 g/mol. The van der Waals surface area contributed by atoms with Crippen molar-refractivity contribution in [3.05, 3.63) is 65.6 Å². The number of rotatable bonds is 3. The fourth-order valence-corrected chi connectivity index (χ4v) is 3.42. The Bertz CT molecular complexity index is 1000. The number of hydrazine groups is 1. The maximum absolute atomic E-state index is 9.87. The van der Waals surface area contributed by atoms with Gasteiger partial charge < -0.3 is 9.67 Å². The summed E-state index contributed by atoms with van der Waals surface area (Å²) in [6.07, 6.45) is 4.14. The van der Waals surface area contributed by atoms with Crippen LogP contribution in [-0.4, -0.2) is 33.3 Å². The van der Waals surface area contributed by atoms with Gasteiger partial charge in [0, 0.05) is 37.1 Å². The van der Waals surface area contributed by atoms with Gasteiger partial charge in [0.15, 0.2) is 0 Å². The molecule has 0 spiro atoms. The van der Waals surface area contributed by atoms with Crippen molar-refractivity contribution in [1.29, 1.82) is 0 Å². The number of nitrogens with one attached hydrogen (secondary N) is 2. The molecule has 0 aliphatic carbocycles. The summed E-state index contributed by atoms with van der Waals surface area (Å²) >= 11 is 0. The zero-order chi connectivity index (χ0) is 18.9. The molecule has 3 N–H and O–H groups in total. The van der Waals surface area contributed by atoms with E-state index >= 15 is 0 Å². The largest absolute Gasteiger partial charge is 0.378 e. The average Bonchev–Trinajstić information content (AvgIpc) is 3.28. The highest BCUT2D eigenvalue weighted by atomic mass is 16.3. The Balaban J connectivity index is 1.78. The van der Waals surface area contributed by atoms with E-state index in [1.54, 1.807) is 13.8 Å².